The Morgan fingerprint density at radius 3 is 2.81 bits per heavy atom. The van der Waals surface area contributed by atoms with E-state index in [0.29, 0.717) is 11.9 Å². The lowest BCUT2D eigenvalue weighted by atomic mass is 10.1. The molecule has 3 N–H and O–H groups in total. The Morgan fingerprint density at radius 2 is 2.00 bits per heavy atom. The number of rotatable bonds is 3. The molecule has 4 rings (SSSR count). The second-order valence-corrected chi connectivity index (χ2v) is 5.75. The van der Waals surface area contributed by atoms with E-state index >= 15 is 0 Å². The standard InChI is InChI=1S/C13H18N8/c1-7-19-20-11-9(3-2-6-21(7)11)15-13-17-10(8-4-5-8)16-12(14)18-13/h8-9H,2-6H2,1H3,(H3,14,15,16,17,18). The van der Waals surface area contributed by atoms with E-state index in [-0.39, 0.29) is 12.0 Å². The van der Waals surface area contributed by atoms with Crippen molar-refractivity contribution in [2.45, 2.75) is 51.1 Å². The third kappa shape index (κ3) is 2.30. The number of hydrogen-bond acceptors (Lipinski definition) is 7. The number of nitrogen functional groups attached to an aromatic ring is 1. The minimum atomic E-state index is 0.0776. The van der Waals surface area contributed by atoms with Crippen LogP contribution in [0.3, 0.4) is 0 Å². The molecular weight excluding hydrogens is 268 g/mol. The van der Waals surface area contributed by atoms with Crippen molar-refractivity contribution in [3.63, 3.8) is 0 Å². The molecule has 3 heterocycles. The van der Waals surface area contributed by atoms with Crippen molar-refractivity contribution in [2.75, 3.05) is 11.1 Å². The van der Waals surface area contributed by atoms with Crippen molar-refractivity contribution in [3.8, 4) is 0 Å². The molecular formula is C13H18N8. The van der Waals surface area contributed by atoms with Crippen molar-refractivity contribution < 1.29 is 0 Å². The Kier molecular flexibility index (Phi) is 2.76. The van der Waals surface area contributed by atoms with Gasteiger partial charge in [-0.05, 0) is 32.6 Å². The molecule has 21 heavy (non-hydrogen) atoms. The first-order chi connectivity index (χ1) is 10.2. The molecule has 8 nitrogen and oxygen atoms in total. The zero-order valence-corrected chi connectivity index (χ0v) is 12.0. The minimum absolute atomic E-state index is 0.0776. The van der Waals surface area contributed by atoms with Crippen LogP contribution in [0.5, 0.6) is 0 Å². The van der Waals surface area contributed by atoms with E-state index in [1.165, 1.54) is 0 Å². The van der Waals surface area contributed by atoms with E-state index in [1.54, 1.807) is 0 Å². The third-order valence-corrected chi connectivity index (χ3v) is 4.07. The van der Waals surface area contributed by atoms with Gasteiger partial charge in [0, 0.05) is 12.5 Å². The highest BCUT2D eigenvalue weighted by Gasteiger charge is 2.29. The van der Waals surface area contributed by atoms with Gasteiger partial charge in [0.2, 0.25) is 11.9 Å². The summed E-state index contributed by atoms with van der Waals surface area (Å²) in [7, 11) is 0. The van der Waals surface area contributed by atoms with Gasteiger partial charge in [-0.3, -0.25) is 0 Å². The van der Waals surface area contributed by atoms with E-state index in [9.17, 15) is 0 Å². The van der Waals surface area contributed by atoms with Crippen molar-refractivity contribution in [2.24, 2.45) is 0 Å². The van der Waals surface area contributed by atoms with Crippen molar-refractivity contribution in [3.05, 3.63) is 17.5 Å². The van der Waals surface area contributed by atoms with Gasteiger partial charge < -0.3 is 15.6 Å². The van der Waals surface area contributed by atoms with Crippen molar-refractivity contribution >= 4 is 11.9 Å². The topological polar surface area (TPSA) is 107 Å². The predicted molar refractivity (Wildman–Crippen MR) is 76.6 cm³/mol. The second kappa shape index (κ2) is 4.64. The maximum atomic E-state index is 5.79. The summed E-state index contributed by atoms with van der Waals surface area (Å²) < 4.78 is 2.15. The van der Waals surface area contributed by atoms with Crippen LogP contribution in [0.2, 0.25) is 0 Å². The first-order valence-electron chi connectivity index (χ1n) is 7.38. The molecule has 1 atom stereocenters. The largest absolute Gasteiger partial charge is 0.368 e. The Labute approximate surface area is 122 Å². The third-order valence-electron chi connectivity index (χ3n) is 4.07. The first-order valence-corrected chi connectivity index (χ1v) is 7.38. The molecule has 0 radical (unpaired) electrons. The van der Waals surface area contributed by atoms with E-state index in [1.807, 2.05) is 6.92 Å². The van der Waals surface area contributed by atoms with Crippen molar-refractivity contribution in [1.29, 1.82) is 0 Å². The van der Waals surface area contributed by atoms with E-state index < -0.39 is 0 Å². The van der Waals surface area contributed by atoms with Gasteiger partial charge >= 0.3 is 0 Å². The SMILES string of the molecule is Cc1nnc2n1CCCC2Nc1nc(N)nc(C2CC2)n1. The number of nitrogens with two attached hydrogens (primary N) is 1. The van der Waals surface area contributed by atoms with Gasteiger partial charge in [-0.25, -0.2) is 0 Å². The molecule has 110 valence electrons. The summed E-state index contributed by atoms with van der Waals surface area (Å²) in [6.07, 6.45) is 4.35. The molecule has 1 unspecified atom stereocenters. The highest BCUT2D eigenvalue weighted by Crippen LogP contribution is 2.38. The Bertz CT molecular complexity index is 675. The van der Waals surface area contributed by atoms with Crippen molar-refractivity contribution in [1.82, 2.24) is 29.7 Å². The van der Waals surface area contributed by atoms with Crippen LogP contribution in [0.15, 0.2) is 0 Å². The fraction of sp³-hybridized carbons (Fsp3) is 0.615. The molecule has 1 aliphatic heterocycles. The summed E-state index contributed by atoms with van der Waals surface area (Å²) in [4.78, 5) is 12.9. The summed E-state index contributed by atoms with van der Waals surface area (Å²) in [5, 5.41) is 11.8. The normalized spacial score (nSPS) is 21.1. The number of nitrogens with one attached hydrogen (secondary N) is 1. The van der Waals surface area contributed by atoms with E-state index in [4.69, 9.17) is 5.73 Å². The lowest BCUT2D eigenvalue weighted by Crippen LogP contribution is -2.24. The number of nitrogens with zero attached hydrogens (tertiary/aromatic N) is 6. The van der Waals surface area contributed by atoms with Gasteiger partial charge in [-0.15, -0.1) is 10.2 Å². The van der Waals surface area contributed by atoms with Gasteiger partial charge in [0.15, 0.2) is 5.82 Å². The molecule has 8 heteroatoms. The van der Waals surface area contributed by atoms with Crippen LogP contribution in [0, 0.1) is 6.92 Å². The van der Waals surface area contributed by atoms with Crippen LogP contribution in [0.25, 0.3) is 0 Å². The molecule has 0 saturated heterocycles. The molecule has 0 bridgehead atoms. The predicted octanol–water partition coefficient (Wildman–Crippen LogP) is 1.18. The molecule has 0 amide bonds. The number of fused-ring (bicyclic) bond motifs is 1. The monoisotopic (exact) mass is 286 g/mol. The number of aryl methyl sites for hydroxylation is 1. The molecule has 1 fully saturated rings. The summed E-state index contributed by atoms with van der Waals surface area (Å²) in [5.41, 5.74) is 5.79. The van der Waals surface area contributed by atoms with Gasteiger partial charge in [0.1, 0.15) is 11.6 Å². The van der Waals surface area contributed by atoms with Crippen LogP contribution in [-0.2, 0) is 6.54 Å². The maximum absolute atomic E-state index is 5.79. The summed E-state index contributed by atoms with van der Waals surface area (Å²) in [6.45, 7) is 2.95. The highest BCUT2D eigenvalue weighted by atomic mass is 15.3. The molecule has 2 aromatic rings. The molecule has 1 aliphatic carbocycles. The average Bonchev–Trinajstić information content (AvgIpc) is 3.24. The molecule has 0 spiro atoms. The van der Waals surface area contributed by atoms with Gasteiger partial charge in [0.05, 0.1) is 6.04 Å². The number of hydrogen-bond donors (Lipinski definition) is 2. The number of aromatic nitrogens is 6. The van der Waals surface area contributed by atoms with Gasteiger partial charge in [0.25, 0.3) is 0 Å². The highest BCUT2D eigenvalue weighted by molar-refractivity contribution is 5.34. The van der Waals surface area contributed by atoms with Crippen LogP contribution < -0.4 is 11.1 Å². The summed E-state index contributed by atoms with van der Waals surface area (Å²) in [6, 6.07) is 0.0776. The molecule has 1 saturated carbocycles. The van der Waals surface area contributed by atoms with E-state index in [2.05, 4.69) is 35.0 Å². The molecule has 0 aromatic carbocycles. The average molecular weight is 286 g/mol. The fourth-order valence-electron chi connectivity index (χ4n) is 2.80. The zero-order chi connectivity index (χ0) is 14.4. The Hall–Kier alpha value is -2.25. The number of anilines is 2. The lowest BCUT2D eigenvalue weighted by Gasteiger charge is -2.24. The maximum Gasteiger partial charge on any atom is 0.228 e. The second-order valence-electron chi connectivity index (χ2n) is 5.75. The van der Waals surface area contributed by atoms with E-state index in [0.717, 1.165) is 49.7 Å². The molecule has 2 aliphatic rings. The Morgan fingerprint density at radius 1 is 1.14 bits per heavy atom. The smallest absolute Gasteiger partial charge is 0.228 e. The molecule has 2 aromatic heterocycles. The minimum Gasteiger partial charge on any atom is -0.368 e. The van der Waals surface area contributed by atoms with Gasteiger partial charge in [-0.2, -0.15) is 15.0 Å². The lowest BCUT2D eigenvalue weighted by molar-refractivity contribution is 0.463. The summed E-state index contributed by atoms with van der Waals surface area (Å²) >= 11 is 0. The Balaban J connectivity index is 1.61. The van der Waals surface area contributed by atoms with Crippen LogP contribution in [0.4, 0.5) is 11.9 Å². The summed E-state index contributed by atoms with van der Waals surface area (Å²) in [5.74, 6) is 3.98. The van der Waals surface area contributed by atoms with Crippen LogP contribution >= 0.6 is 0 Å². The van der Waals surface area contributed by atoms with Crippen LogP contribution in [0.1, 0.15) is 55.1 Å². The van der Waals surface area contributed by atoms with Crippen LogP contribution in [-0.4, -0.2) is 29.7 Å². The van der Waals surface area contributed by atoms with Gasteiger partial charge in [-0.1, -0.05) is 0 Å². The fourth-order valence-corrected chi connectivity index (χ4v) is 2.80. The first kappa shape index (κ1) is 12.5. The quantitative estimate of drug-likeness (QED) is 0.872. The zero-order valence-electron chi connectivity index (χ0n) is 12.0.